The number of para-hydroxylation sites is 1. The van der Waals surface area contributed by atoms with E-state index in [4.69, 9.17) is 0 Å². The topological polar surface area (TPSA) is 18.5 Å². The molecule has 1 heterocycles. The van der Waals surface area contributed by atoms with Gasteiger partial charge >= 0.3 is 0 Å². The Morgan fingerprint density at radius 3 is 2.68 bits per heavy atom. The van der Waals surface area contributed by atoms with Crippen molar-refractivity contribution in [3.05, 3.63) is 29.8 Å². The maximum Gasteiger partial charge on any atom is 0.0415 e. The summed E-state index contributed by atoms with van der Waals surface area (Å²) >= 11 is 0. The van der Waals surface area contributed by atoms with Crippen molar-refractivity contribution < 1.29 is 0 Å². The Morgan fingerprint density at radius 1 is 1.32 bits per heavy atom. The van der Waals surface area contributed by atoms with Crippen molar-refractivity contribution in [2.45, 2.75) is 32.4 Å². The van der Waals surface area contributed by atoms with Gasteiger partial charge in [-0.15, -0.1) is 0 Å². The highest BCUT2D eigenvalue weighted by Gasteiger charge is 2.23. The molecule has 0 aliphatic carbocycles. The van der Waals surface area contributed by atoms with E-state index in [1.54, 1.807) is 0 Å². The summed E-state index contributed by atoms with van der Waals surface area (Å²) in [7, 11) is 4.27. The highest BCUT2D eigenvalue weighted by Crippen LogP contribution is 2.29. The van der Waals surface area contributed by atoms with Crippen molar-refractivity contribution in [3.8, 4) is 0 Å². The number of nitrogens with zero attached hydrogens (tertiary/aromatic N) is 2. The average molecular weight is 261 g/mol. The number of piperazine rings is 1. The molecule has 3 heteroatoms. The van der Waals surface area contributed by atoms with Gasteiger partial charge in [0.15, 0.2) is 0 Å². The van der Waals surface area contributed by atoms with Crippen LogP contribution in [-0.4, -0.2) is 44.7 Å². The molecule has 3 nitrogen and oxygen atoms in total. The Balaban J connectivity index is 2.24. The lowest BCUT2D eigenvalue weighted by atomic mass is 10.0. The minimum atomic E-state index is 0.450. The first kappa shape index (κ1) is 14.4. The molecule has 1 aliphatic rings. The second-order valence-electron chi connectivity index (χ2n) is 5.58. The molecule has 106 valence electrons. The van der Waals surface area contributed by atoms with Gasteiger partial charge in [0.1, 0.15) is 0 Å². The quantitative estimate of drug-likeness (QED) is 0.898. The Labute approximate surface area is 117 Å². The predicted molar refractivity (Wildman–Crippen MR) is 82.8 cm³/mol. The highest BCUT2D eigenvalue weighted by atomic mass is 15.3. The molecule has 2 rings (SSSR count). The SMILES string of the molecule is CCC(NC)c1ccccc1N1CCN(C)C(C)C1. The second kappa shape index (κ2) is 6.40. The van der Waals surface area contributed by atoms with Crippen LogP contribution in [0.4, 0.5) is 5.69 Å². The predicted octanol–water partition coefficient (Wildman–Crippen LogP) is 2.50. The lowest BCUT2D eigenvalue weighted by Gasteiger charge is -2.40. The van der Waals surface area contributed by atoms with Crippen molar-refractivity contribution in [2.75, 3.05) is 38.6 Å². The molecule has 0 bridgehead atoms. The molecule has 1 fully saturated rings. The van der Waals surface area contributed by atoms with E-state index < -0.39 is 0 Å². The van der Waals surface area contributed by atoms with Crippen LogP contribution in [0.15, 0.2) is 24.3 Å². The zero-order valence-electron chi connectivity index (χ0n) is 12.7. The van der Waals surface area contributed by atoms with E-state index >= 15 is 0 Å². The van der Waals surface area contributed by atoms with E-state index in [-0.39, 0.29) is 0 Å². The Morgan fingerprint density at radius 2 is 2.05 bits per heavy atom. The largest absolute Gasteiger partial charge is 0.368 e. The molecule has 0 radical (unpaired) electrons. The standard InChI is InChI=1S/C16H27N3/c1-5-15(17-3)14-8-6-7-9-16(14)19-11-10-18(4)13(2)12-19/h6-9,13,15,17H,5,10-12H2,1-4H3. The van der Waals surface area contributed by atoms with Gasteiger partial charge in [0.05, 0.1) is 0 Å². The van der Waals surface area contributed by atoms with Gasteiger partial charge in [-0.1, -0.05) is 25.1 Å². The average Bonchev–Trinajstić information content (AvgIpc) is 2.44. The Hall–Kier alpha value is -1.06. The number of benzene rings is 1. The molecule has 1 N–H and O–H groups in total. The highest BCUT2D eigenvalue weighted by molar-refractivity contribution is 5.55. The zero-order valence-corrected chi connectivity index (χ0v) is 12.7. The minimum absolute atomic E-state index is 0.450. The van der Waals surface area contributed by atoms with Crippen molar-refractivity contribution in [1.82, 2.24) is 10.2 Å². The molecule has 0 amide bonds. The smallest absolute Gasteiger partial charge is 0.0415 e. The van der Waals surface area contributed by atoms with Gasteiger partial charge in [0.25, 0.3) is 0 Å². The summed E-state index contributed by atoms with van der Waals surface area (Å²) in [6.45, 7) is 7.94. The van der Waals surface area contributed by atoms with Crippen molar-refractivity contribution in [2.24, 2.45) is 0 Å². The Bertz CT molecular complexity index is 401. The first-order valence-corrected chi connectivity index (χ1v) is 7.38. The molecule has 0 spiro atoms. The molecule has 1 aliphatic heterocycles. The van der Waals surface area contributed by atoms with Crippen LogP contribution in [0.3, 0.4) is 0 Å². The summed E-state index contributed by atoms with van der Waals surface area (Å²) in [4.78, 5) is 4.98. The fourth-order valence-corrected chi connectivity index (χ4v) is 2.92. The molecule has 1 saturated heterocycles. The summed E-state index contributed by atoms with van der Waals surface area (Å²) in [5.74, 6) is 0. The zero-order chi connectivity index (χ0) is 13.8. The van der Waals surface area contributed by atoms with Crippen LogP contribution >= 0.6 is 0 Å². The summed E-state index contributed by atoms with van der Waals surface area (Å²) in [5, 5.41) is 3.43. The monoisotopic (exact) mass is 261 g/mol. The number of nitrogens with one attached hydrogen (secondary N) is 1. The van der Waals surface area contributed by atoms with Gasteiger partial charge in [0, 0.05) is 37.4 Å². The lowest BCUT2D eigenvalue weighted by molar-refractivity contribution is 0.234. The van der Waals surface area contributed by atoms with E-state index in [1.807, 2.05) is 0 Å². The maximum atomic E-state index is 3.43. The van der Waals surface area contributed by atoms with Gasteiger partial charge in [-0.3, -0.25) is 0 Å². The van der Waals surface area contributed by atoms with Crippen LogP contribution < -0.4 is 10.2 Å². The maximum absolute atomic E-state index is 3.43. The van der Waals surface area contributed by atoms with Gasteiger partial charge < -0.3 is 15.1 Å². The molecule has 0 saturated carbocycles. The molecule has 0 aromatic heterocycles. The summed E-state index contributed by atoms with van der Waals surface area (Å²) in [6.07, 6.45) is 1.12. The molecular formula is C16H27N3. The van der Waals surface area contributed by atoms with Gasteiger partial charge in [-0.05, 0) is 39.1 Å². The summed E-state index contributed by atoms with van der Waals surface area (Å²) in [6, 6.07) is 9.92. The van der Waals surface area contributed by atoms with Crippen LogP contribution in [0.25, 0.3) is 0 Å². The van der Waals surface area contributed by atoms with Crippen LogP contribution in [-0.2, 0) is 0 Å². The fourth-order valence-electron chi connectivity index (χ4n) is 2.92. The first-order chi connectivity index (χ1) is 9.17. The van der Waals surface area contributed by atoms with E-state index in [9.17, 15) is 0 Å². The van der Waals surface area contributed by atoms with E-state index in [1.165, 1.54) is 11.3 Å². The number of anilines is 1. The number of hydrogen-bond acceptors (Lipinski definition) is 3. The minimum Gasteiger partial charge on any atom is -0.368 e. The van der Waals surface area contributed by atoms with Gasteiger partial charge in [-0.25, -0.2) is 0 Å². The molecule has 1 aromatic rings. The number of likely N-dealkylation sites (N-methyl/N-ethyl adjacent to an activating group) is 1. The molecule has 2 atom stereocenters. The third kappa shape index (κ3) is 3.10. The molecular weight excluding hydrogens is 234 g/mol. The number of rotatable bonds is 4. The fraction of sp³-hybridized carbons (Fsp3) is 0.625. The lowest BCUT2D eigenvalue weighted by Crippen LogP contribution is -2.50. The van der Waals surface area contributed by atoms with E-state index in [0.29, 0.717) is 12.1 Å². The number of hydrogen-bond donors (Lipinski definition) is 1. The van der Waals surface area contributed by atoms with Crippen molar-refractivity contribution in [3.63, 3.8) is 0 Å². The van der Waals surface area contributed by atoms with Crippen LogP contribution in [0.5, 0.6) is 0 Å². The molecule has 1 aromatic carbocycles. The van der Waals surface area contributed by atoms with Crippen LogP contribution in [0.2, 0.25) is 0 Å². The van der Waals surface area contributed by atoms with E-state index in [0.717, 1.165) is 26.1 Å². The van der Waals surface area contributed by atoms with Gasteiger partial charge in [-0.2, -0.15) is 0 Å². The summed E-state index contributed by atoms with van der Waals surface area (Å²) in [5.41, 5.74) is 2.84. The third-order valence-electron chi connectivity index (χ3n) is 4.37. The molecule has 19 heavy (non-hydrogen) atoms. The first-order valence-electron chi connectivity index (χ1n) is 7.38. The van der Waals surface area contributed by atoms with Crippen molar-refractivity contribution in [1.29, 1.82) is 0 Å². The van der Waals surface area contributed by atoms with E-state index in [2.05, 4.69) is 67.3 Å². The second-order valence-corrected chi connectivity index (χ2v) is 5.58. The Kier molecular flexibility index (Phi) is 4.83. The van der Waals surface area contributed by atoms with Crippen molar-refractivity contribution >= 4 is 5.69 Å². The third-order valence-corrected chi connectivity index (χ3v) is 4.37. The van der Waals surface area contributed by atoms with Gasteiger partial charge in [0.2, 0.25) is 0 Å². The van der Waals surface area contributed by atoms with Crippen LogP contribution in [0, 0.1) is 0 Å². The normalized spacial score (nSPS) is 22.5. The summed E-state index contributed by atoms with van der Waals surface area (Å²) < 4.78 is 0. The van der Waals surface area contributed by atoms with Crippen LogP contribution in [0.1, 0.15) is 31.9 Å². The molecule has 2 unspecified atom stereocenters.